The summed E-state index contributed by atoms with van der Waals surface area (Å²) in [5, 5.41) is 0. The van der Waals surface area contributed by atoms with E-state index in [1.807, 2.05) is 12.1 Å². The Morgan fingerprint density at radius 2 is 2.33 bits per heavy atom. The third kappa shape index (κ3) is 2.37. The van der Waals surface area contributed by atoms with Crippen molar-refractivity contribution in [3.05, 3.63) is 34.3 Å². The van der Waals surface area contributed by atoms with Crippen LogP contribution in [-0.4, -0.2) is 37.7 Å². The Morgan fingerprint density at radius 1 is 1.56 bits per heavy atom. The maximum Gasteiger partial charge on any atom is 0.192 e. The smallest absolute Gasteiger partial charge is 0.192 e. The zero-order chi connectivity index (χ0) is 13.2. The van der Waals surface area contributed by atoms with Gasteiger partial charge in [-0.15, -0.1) is 0 Å². The largest absolute Gasteiger partial charge is 0.383 e. The third-order valence-corrected chi connectivity index (χ3v) is 3.88. The van der Waals surface area contributed by atoms with Gasteiger partial charge < -0.3 is 15.4 Å². The minimum atomic E-state index is -0.188. The molecule has 1 aromatic carbocycles. The molecule has 4 nitrogen and oxygen atoms in total. The van der Waals surface area contributed by atoms with Gasteiger partial charge in [0.15, 0.2) is 5.96 Å². The number of halogens is 1. The first-order valence-electron chi connectivity index (χ1n) is 5.90. The monoisotopic (exact) mass is 311 g/mol. The fourth-order valence-electron chi connectivity index (χ4n) is 2.27. The summed E-state index contributed by atoms with van der Waals surface area (Å²) in [5.41, 5.74) is 7.00. The summed E-state index contributed by atoms with van der Waals surface area (Å²) >= 11 is 3.51. The lowest BCUT2D eigenvalue weighted by molar-refractivity contribution is 0.137. The van der Waals surface area contributed by atoms with Crippen LogP contribution in [0.3, 0.4) is 0 Å². The molecule has 98 valence electrons. The maximum atomic E-state index is 5.98. The van der Waals surface area contributed by atoms with Crippen LogP contribution < -0.4 is 5.73 Å². The van der Waals surface area contributed by atoms with Crippen molar-refractivity contribution in [3.63, 3.8) is 0 Å². The van der Waals surface area contributed by atoms with Crippen molar-refractivity contribution in [2.45, 2.75) is 12.5 Å². The molecule has 1 heterocycles. The molecule has 0 saturated carbocycles. The van der Waals surface area contributed by atoms with Gasteiger partial charge >= 0.3 is 0 Å². The Kier molecular flexibility index (Phi) is 3.92. The quantitative estimate of drug-likeness (QED) is 0.924. The van der Waals surface area contributed by atoms with Crippen molar-refractivity contribution in [3.8, 4) is 0 Å². The lowest BCUT2D eigenvalue weighted by Crippen LogP contribution is -2.48. The SMILES string of the molecule is COCCN1C(N)=NCC1(C)c1cccc(Br)c1. The molecule has 1 atom stereocenters. The molecule has 0 bridgehead atoms. The first-order chi connectivity index (χ1) is 8.58. The van der Waals surface area contributed by atoms with Crippen LogP contribution in [0.4, 0.5) is 0 Å². The number of guanidine groups is 1. The Morgan fingerprint density at radius 3 is 3.00 bits per heavy atom. The summed E-state index contributed by atoms with van der Waals surface area (Å²) in [6.45, 7) is 4.22. The van der Waals surface area contributed by atoms with Crippen LogP contribution >= 0.6 is 15.9 Å². The molecule has 0 spiro atoms. The number of nitrogens with zero attached hydrogens (tertiary/aromatic N) is 2. The Balaban J connectivity index is 2.29. The molecule has 2 N–H and O–H groups in total. The second-order valence-electron chi connectivity index (χ2n) is 4.60. The first kappa shape index (κ1) is 13.4. The fourth-order valence-corrected chi connectivity index (χ4v) is 2.67. The Labute approximate surface area is 116 Å². The molecule has 5 heteroatoms. The molecule has 1 aromatic rings. The number of nitrogens with two attached hydrogens (primary N) is 1. The first-order valence-corrected chi connectivity index (χ1v) is 6.70. The van der Waals surface area contributed by atoms with Crippen molar-refractivity contribution in [1.82, 2.24) is 4.90 Å². The molecule has 1 aliphatic rings. The zero-order valence-corrected chi connectivity index (χ0v) is 12.3. The summed E-state index contributed by atoms with van der Waals surface area (Å²) in [5.74, 6) is 0.592. The van der Waals surface area contributed by atoms with Gasteiger partial charge in [0.1, 0.15) is 0 Å². The van der Waals surface area contributed by atoms with E-state index in [0.29, 0.717) is 19.1 Å². The highest BCUT2D eigenvalue weighted by Gasteiger charge is 2.39. The average Bonchev–Trinajstić information content (AvgIpc) is 2.64. The Bertz CT molecular complexity index is 463. The van der Waals surface area contributed by atoms with Crippen LogP contribution in [0.15, 0.2) is 33.7 Å². The van der Waals surface area contributed by atoms with Gasteiger partial charge in [0, 0.05) is 18.1 Å². The van der Waals surface area contributed by atoms with E-state index in [1.54, 1.807) is 7.11 Å². The van der Waals surface area contributed by atoms with E-state index < -0.39 is 0 Å². The molecule has 0 radical (unpaired) electrons. The summed E-state index contributed by atoms with van der Waals surface area (Å²) < 4.78 is 6.21. The lowest BCUT2D eigenvalue weighted by atomic mass is 9.91. The highest BCUT2D eigenvalue weighted by atomic mass is 79.9. The van der Waals surface area contributed by atoms with Gasteiger partial charge in [-0.1, -0.05) is 28.1 Å². The summed E-state index contributed by atoms with van der Waals surface area (Å²) in [4.78, 5) is 6.49. The van der Waals surface area contributed by atoms with E-state index in [4.69, 9.17) is 10.5 Å². The Hall–Kier alpha value is -1.07. The molecular formula is C13H18BrN3O. The van der Waals surface area contributed by atoms with Gasteiger partial charge in [-0.2, -0.15) is 0 Å². The third-order valence-electron chi connectivity index (χ3n) is 3.39. The predicted molar refractivity (Wildman–Crippen MR) is 76.6 cm³/mol. The topological polar surface area (TPSA) is 50.9 Å². The number of aliphatic imine (C=N–C) groups is 1. The number of benzene rings is 1. The fraction of sp³-hybridized carbons (Fsp3) is 0.462. The molecule has 0 aliphatic carbocycles. The normalized spacial score (nSPS) is 23.3. The molecule has 2 rings (SSSR count). The molecule has 0 amide bonds. The number of methoxy groups -OCH3 is 1. The van der Waals surface area contributed by atoms with Crippen LogP contribution in [-0.2, 0) is 10.3 Å². The standard InChI is InChI=1S/C13H18BrN3O/c1-13(10-4-3-5-11(14)8-10)9-16-12(15)17(13)6-7-18-2/h3-5,8H,6-7,9H2,1-2H3,(H2,15,16). The molecule has 0 saturated heterocycles. The van der Waals surface area contributed by atoms with Gasteiger partial charge in [-0.25, -0.2) is 0 Å². The molecule has 1 aliphatic heterocycles. The van der Waals surface area contributed by atoms with Gasteiger partial charge in [0.05, 0.1) is 18.7 Å². The van der Waals surface area contributed by atoms with Crippen LogP contribution in [0.1, 0.15) is 12.5 Å². The van der Waals surface area contributed by atoms with Crippen molar-refractivity contribution in [2.75, 3.05) is 26.8 Å². The van der Waals surface area contributed by atoms with Gasteiger partial charge in [0.25, 0.3) is 0 Å². The van der Waals surface area contributed by atoms with E-state index in [0.717, 1.165) is 11.0 Å². The molecular weight excluding hydrogens is 294 g/mol. The van der Waals surface area contributed by atoms with Crippen LogP contribution in [0.2, 0.25) is 0 Å². The molecule has 0 fully saturated rings. The second kappa shape index (κ2) is 5.28. The molecule has 0 aromatic heterocycles. The average molecular weight is 312 g/mol. The van der Waals surface area contributed by atoms with Crippen LogP contribution in [0, 0.1) is 0 Å². The number of hydrogen-bond donors (Lipinski definition) is 1. The van der Waals surface area contributed by atoms with Crippen molar-refractivity contribution in [1.29, 1.82) is 0 Å². The van der Waals surface area contributed by atoms with E-state index in [1.165, 1.54) is 5.56 Å². The van der Waals surface area contributed by atoms with Crippen LogP contribution in [0.25, 0.3) is 0 Å². The van der Waals surface area contributed by atoms with Crippen molar-refractivity contribution >= 4 is 21.9 Å². The summed E-state index contributed by atoms with van der Waals surface area (Å²) in [7, 11) is 1.69. The van der Waals surface area contributed by atoms with E-state index in [-0.39, 0.29) is 5.54 Å². The number of ether oxygens (including phenoxy) is 1. The number of rotatable bonds is 4. The van der Waals surface area contributed by atoms with Crippen molar-refractivity contribution in [2.24, 2.45) is 10.7 Å². The molecule has 1 unspecified atom stereocenters. The predicted octanol–water partition coefficient (Wildman–Crippen LogP) is 1.94. The van der Waals surface area contributed by atoms with E-state index >= 15 is 0 Å². The van der Waals surface area contributed by atoms with Gasteiger partial charge in [-0.05, 0) is 24.6 Å². The van der Waals surface area contributed by atoms with Crippen molar-refractivity contribution < 1.29 is 4.74 Å². The minimum Gasteiger partial charge on any atom is -0.383 e. The lowest BCUT2D eigenvalue weighted by Gasteiger charge is -2.36. The van der Waals surface area contributed by atoms with E-state index in [2.05, 4.69) is 44.9 Å². The zero-order valence-electron chi connectivity index (χ0n) is 10.7. The maximum absolute atomic E-state index is 5.98. The van der Waals surface area contributed by atoms with E-state index in [9.17, 15) is 0 Å². The van der Waals surface area contributed by atoms with Gasteiger partial charge in [0.2, 0.25) is 0 Å². The number of hydrogen-bond acceptors (Lipinski definition) is 4. The highest BCUT2D eigenvalue weighted by molar-refractivity contribution is 9.10. The molecule has 18 heavy (non-hydrogen) atoms. The summed E-state index contributed by atoms with van der Waals surface area (Å²) in [6, 6.07) is 8.28. The highest BCUT2D eigenvalue weighted by Crippen LogP contribution is 2.33. The van der Waals surface area contributed by atoms with Gasteiger partial charge in [-0.3, -0.25) is 4.99 Å². The van der Waals surface area contributed by atoms with Crippen LogP contribution in [0.5, 0.6) is 0 Å². The minimum absolute atomic E-state index is 0.188. The second-order valence-corrected chi connectivity index (χ2v) is 5.52. The summed E-state index contributed by atoms with van der Waals surface area (Å²) in [6.07, 6.45) is 0.